The molecule has 0 aromatic carbocycles. The van der Waals surface area contributed by atoms with Crippen molar-refractivity contribution in [3.05, 3.63) is 0 Å². The topological polar surface area (TPSA) is 116 Å². The smallest absolute Gasteiger partial charge is 0.264 e. The number of aliphatic hydroxyl groups excluding tert-OH is 2. The molecule has 0 aliphatic carbocycles. The van der Waals surface area contributed by atoms with Crippen LogP contribution in [0.2, 0.25) is 0 Å². The van der Waals surface area contributed by atoms with E-state index in [0.717, 1.165) is 0 Å². The first-order valence-corrected chi connectivity index (χ1v) is 4.04. The Morgan fingerprint density at radius 3 is 1.36 bits per heavy atom. The maximum atomic E-state index is 8.92. The zero-order valence-electron chi connectivity index (χ0n) is 7.84. The van der Waals surface area contributed by atoms with Crippen LogP contribution in [-0.4, -0.2) is 43.1 Å². The van der Waals surface area contributed by atoms with Gasteiger partial charge in [-0.25, -0.2) is 0 Å². The van der Waals surface area contributed by atoms with Crippen LogP contribution in [0.15, 0.2) is 0 Å². The Morgan fingerprint density at radius 2 is 1.14 bits per heavy atom. The molecule has 1 aromatic rings. The van der Waals surface area contributed by atoms with E-state index in [1.807, 2.05) is 0 Å². The van der Waals surface area contributed by atoms with Crippen molar-refractivity contribution in [3.63, 3.8) is 0 Å². The summed E-state index contributed by atoms with van der Waals surface area (Å²) >= 11 is 0. The standard InChI is InChI=1S/C6H12N6O2/c1-3(13)7-5-9-11-6(12-10-5)8-4(2)14/h3-4,13-14H,1-2H3,(H,7,9,10)(H,8,11,12)/t3-,4-/m0/s1. The maximum Gasteiger partial charge on any atom is 0.264 e. The molecule has 0 fully saturated rings. The largest absolute Gasteiger partial charge is 0.374 e. The summed E-state index contributed by atoms with van der Waals surface area (Å²) < 4.78 is 0. The summed E-state index contributed by atoms with van der Waals surface area (Å²) in [4.78, 5) is 0. The van der Waals surface area contributed by atoms with Gasteiger partial charge in [0.2, 0.25) is 0 Å². The van der Waals surface area contributed by atoms with Gasteiger partial charge in [0.05, 0.1) is 0 Å². The Morgan fingerprint density at radius 1 is 0.857 bits per heavy atom. The van der Waals surface area contributed by atoms with Crippen LogP contribution in [0, 0.1) is 0 Å². The van der Waals surface area contributed by atoms with Crippen LogP contribution in [-0.2, 0) is 0 Å². The summed E-state index contributed by atoms with van der Waals surface area (Å²) in [6.07, 6.45) is -1.54. The second kappa shape index (κ2) is 4.63. The third kappa shape index (κ3) is 3.46. The van der Waals surface area contributed by atoms with E-state index in [1.165, 1.54) is 13.8 Å². The lowest BCUT2D eigenvalue weighted by molar-refractivity contribution is 0.221. The molecule has 0 spiro atoms. The van der Waals surface area contributed by atoms with Crippen LogP contribution < -0.4 is 10.6 Å². The number of anilines is 2. The first-order chi connectivity index (χ1) is 6.58. The molecule has 1 rings (SSSR count). The predicted octanol–water partition coefficient (Wildman–Crippen LogP) is -1.23. The molecule has 0 unspecified atom stereocenters. The molecule has 78 valence electrons. The molecule has 8 nitrogen and oxygen atoms in total. The van der Waals surface area contributed by atoms with Crippen molar-refractivity contribution in [1.29, 1.82) is 0 Å². The molecule has 14 heavy (non-hydrogen) atoms. The number of rotatable bonds is 4. The highest BCUT2D eigenvalue weighted by Crippen LogP contribution is 1.98. The number of aromatic nitrogens is 4. The number of nitrogens with one attached hydrogen (secondary N) is 2. The van der Waals surface area contributed by atoms with Crippen molar-refractivity contribution in [3.8, 4) is 0 Å². The Labute approximate surface area is 80.4 Å². The van der Waals surface area contributed by atoms with Gasteiger partial charge in [-0.1, -0.05) is 0 Å². The first-order valence-electron chi connectivity index (χ1n) is 4.04. The van der Waals surface area contributed by atoms with Gasteiger partial charge in [-0.3, -0.25) is 0 Å². The molecule has 0 saturated heterocycles. The highest BCUT2D eigenvalue weighted by Gasteiger charge is 2.03. The summed E-state index contributed by atoms with van der Waals surface area (Å²) in [7, 11) is 0. The Balaban J connectivity index is 2.59. The predicted molar refractivity (Wildman–Crippen MR) is 48.2 cm³/mol. The normalized spacial score (nSPS) is 14.6. The van der Waals surface area contributed by atoms with E-state index in [9.17, 15) is 0 Å². The van der Waals surface area contributed by atoms with Crippen molar-refractivity contribution in [2.45, 2.75) is 26.3 Å². The molecule has 8 heteroatoms. The average Bonchev–Trinajstić information content (AvgIpc) is 2.06. The van der Waals surface area contributed by atoms with Crippen LogP contribution in [0.4, 0.5) is 11.9 Å². The molecular weight excluding hydrogens is 188 g/mol. The van der Waals surface area contributed by atoms with Crippen LogP contribution in [0.3, 0.4) is 0 Å². The quantitative estimate of drug-likeness (QED) is 0.446. The van der Waals surface area contributed by atoms with E-state index >= 15 is 0 Å². The van der Waals surface area contributed by atoms with Crippen molar-refractivity contribution < 1.29 is 10.2 Å². The van der Waals surface area contributed by atoms with E-state index < -0.39 is 12.5 Å². The van der Waals surface area contributed by atoms with Gasteiger partial charge >= 0.3 is 0 Å². The monoisotopic (exact) mass is 200 g/mol. The third-order valence-electron chi connectivity index (χ3n) is 1.15. The second-order valence-corrected chi connectivity index (χ2v) is 2.69. The minimum Gasteiger partial charge on any atom is -0.374 e. The van der Waals surface area contributed by atoms with Crippen LogP contribution in [0.1, 0.15) is 13.8 Å². The maximum absolute atomic E-state index is 8.92. The van der Waals surface area contributed by atoms with Gasteiger partial charge in [0.1, 0.15) is 12.5 Å². The van der Waals surface area contributed by atoms with E-state index in [0.29, 0.717) is 0 Å². The van der Waals surface area contributed by atoms with E-state index in [1.54, 1.807) is 0 Å². The SMILES string of the molecule is C[C@H](O)Nc1nnc(N[C@H](C)O)nn1. The van der Waals surface area contributed by atoms with E-state index in [2.05, 4.69) is 31.0 Å². The third-order valence-corrected chi connectivity index (χ3v) is 1.15. The fraction of sp³-hybridized carbons (Fsp3) is 0.667. The summed E-state index contributed by atoms with van der Waals surface area (Å²) in [6, 6.07) is 0. The molecule has 1 aromatic heterocycles. The highest BCUT2D eigenvalue weighted by atomic mass is 16.3. The fourth-order valence-corrected chi connectivity index (χ4v) is 0.719. The molecule has 0 aliphatic rings. The summed E-state index contributed by atoms with van der Waals surface area (Å²) in [5.74, 6) is 0.243. The first kappa shape index (κ1) is 10.5. The molecule has 0 radical (unpaired) electrons. The average molecular weight is 200 g/mol. The van der Waals surface area contributed by atoms with Crippen molar-refractivity contribution >= 4 is 11.9 Å². The Bertz CT molecular complexity index is 245. The lowest BCUT2D eigenvalue weighted by Gasteiger charge is -2.07. The minimum atomic E-state index is -0.769. The zero-order valence-corrected chi connectivity index (χ0v) is 7.84. The molecule has 0 aliphatic heterocycles. The fourth-order valence-electron chi connectivity index (χ4n) is 0.719. The minimum absolute atomic E-state index is 0.121. The molecular formula is C6H12N6O2. The number of hydrogen-bond donors (Lipinski definition) is 4. The van der Waals surface area contributed by atoms with Crippen LogP contribution in [0.25, 0.3) is 0 Å². The van der Waals surface area contributed by atoms with Gasteiger partial charge in [-0.05, 0) is 13.8 Å². The van der Waals surface area contributed by atoms with Crippen molar-refractivity contribution in [2.75, 3.05) is 10.6 Å². The Kier molecular flexibility index (Phi) is 3.48. The van der Waals surface area contributed by atoms with Gasteiger partial charge in [0.25, 0.3) is 11.9 Å². The number of hydrogen-bond acceptors (Lipinski definition) is 8. The summed E-state index contributed by atoms with van der Waals surface area (Å²) in [5.41, 5.74) is 0. The Hall–Kier alpha value is -1.54. The van der Waals surface area contributed by atoms with Crippen LogP contribution in [0.5, 0.6) is 0 Å². The molecule has 2 atom stereocenters. The second-order valence-electron chi connectivity index (χ2n) is 2.69. The van der Waals surface area contributed by atoms with Crippen LogP contribution >= 0.6 is 0 Å². The van der Waals surface area contributed by atoms with Gasteiger partial charge in [-0.15, -0.1) is 20.4 Å². The van der Waals surface area contributed by atoms with Gasteiger partial charge in [0, 0.05) is 0 Å². The number of nitrogens with zero attached hydrogens (tertiary/aromatic N) is 4. The highest BCUT2D eigenvalue weighted by molar-refractivity contribution is 5.25. The zero-order chi connectivity index (χ0) is 10.6. The van der Waals surface area contributed by atoms with Gasteiger partial charge in [0.15, 0.2) is 0 Å². The molecule has 0 saturated carbocycles. The molecule has 1 heterocycles. The summed E-state index contributed by atoms with van der Waals surface area (Å²) in [6.45, 7) is 3.04. The lowest BCUT2D eigenvalue weighted by Crippen LogP contribution is -2.20. The summed E-state index contributed by atoms with van der Waals surface area (Å²) in [5, 5.41) is 37.3. The van der Waals surface area contributed by atoms with E-state index in [4.69, 9.17) is 10.2 Å². The lowest BCUT2D eigenvalue weighted by atomic mass is 10.6. The number of aliphatic hydroxyl groups is 2. The van der Waals surface area contributed by atoms with Gasteiger partial charge in [-0.2, -0.15) is 0 Å². The van der Waals surface area contributed by atoms with Gasteiger partial charge < -0.3 is 20.8 Å². The van der Waals surface area contributed by atoms with Crippen molar-refractivity contribution in [1.82, 2.24) is 20.4 Å². The molecule has 0 bridgehead atoms. The molecule has 0 amide bonds. The molecule has 4 N–H and O–H groups in total. The van der Waals surface area contributed by atoms with Crippen molar-refractivity contribution in [2.24, 2.45) is 0 Å². The van der Waals surface area contributed by atoms with E-state index in [-0.39, 0.29) is 11.9 Å².